The van der Waals surface area contributed by atoms with Gasteiger partial charge in [-0.2, -0.15) is 5.10 Å². The van der Waals surface area contributed by atoms with Crippen molar-refractivity contribution in [2.24, 2.45) is 0 Å². The number of hydrogen-bond donors (Lipinski definition) is 2. The van der Waals surface area contributed by atoms with Gasteiger partial charge in [-0.15, -0.1) is 5.10 Å². The minimum Gasteiger partial charge on any atom is -0.397 e. The van der Waals surface area contributed by atoms with Gasteiger partial charge in [0.1, 0.15) is 4.90 Å². The van der Waals surface area contributed by atoms with Crippen LogP contribution in [0.1, 0.15) is 0 Å². The van der Waals surface area contributed by atoms with Crippen molar-refractivity contribution in [1.82, 2.24) is 10.2 Å². The van der Waals surface area contributed by atoms with E-state index in [2.05, 4.69) is 14.9 Å². The lowest BCUT2D eigenvalue weighted by molar-refractivity contribution is -0.384. The molecule has 2 rings (SSSR count). The van der Waals surface area contributed by atoms with Crippen molar-refractivity contribution in [3.63, 3.8) is 0 Å². The highest BCUT2D eigenvalue weighted by atomic mass is 32.2. The number of aromatic nitrogens is 2. The van der Waals surface area contributed by atoms with E-state index in [-0.39, 0.29) is 22.1 Å². The second-order valence-corrected chi connectivity index (χ2v) is 5.34. The molecule has 0 saturated carbocycles. The highest BCUT2D eigenvalue weighted by Crippen LogP contribution is 2.25. The third-order valence-corrected chi connectivity index (χ3v) is 3.73. The summed E-state index contributed by atoms with van der Waals surface area (Å²) in [7, 11) is -3.99. The zero-order valence-electron chi connectivity index (χ0n) is 9.92. The molecule has 10 heteroatoms. The summed E-state index contributed by atoms with van der Waals surface area (Å²) in [5, 5.41) is 17.7. The van der Waals surface area contributed by atoms with Crippen LogP contribution in [-0.4, -0.2) is 23.5 Å². The number of anilines is 2. The lowest BCUT2D eigenvalue weighted by atomic mass is 10.3. The van der Waals surface area contributed by atoms with Gasteiger partial charge in [-0.3, -0.25) is 14.8 Å². The first kappa shape index (κ1) is 13.7. The second kappa shape index (κ2) is 5.09. The summed E-state index contributed by atoms with van der Waals surface area (Å²) in [6, 6.07) is 6.01. The Bertz CT molecular complexity index is 747. The molecule has 9 nitrogen and oxygen atoms in total. The predicted molar refractivity (Wildman–Crippen MR) is 70.3 cm³/mol. The van der Waals surface area contributed by atoms with Crippen LogP contribution in [-0.2, 0) is 10.0 Å². The van der Waals surface area contributed by atoms with E-state index in [0.717, 1.165) is 18.2 Å². The third kappa shape index (κ3) is 2.80. The van der Waals surface area contributed by atoms with E-state index in [1.807, 2.05) is 0 Å². The molecule has 0 saturated heterocycles. The molecule has 2 aromatic rings. The molecular formula is C10H9N5O4S. The lowest BCUT2D eigenvalue weighted by Crippen LogP contribution is -2.16. The molecule has 0 aliphatic rings. The van der Waals surface area contributed by atoms with Crippen molar-refractivity contribution in [2.45, 2.75) is 4.90 Å². The van der Waals surface area contributed by atoms with Crippen LogP contribution >= 0.6 is 0 Å². The molecule has 1 aromatic heterocycles. The normalized spacial score (nSPS) is 11.0. The van der Waals surface area contributed by atoms with E-state index >= 15 is 0 Å². The van der Waals surface area contributed by atoms with Gasteiger partial charge in [0.25, 0.3) is 15.7 Å². The Hall–Kier alpha value is -2.75. The van der Waals surface area contributed by atoms with Gasteiger partial charge >= 0.3 is 0 Å². The maximum Gasteiger partial charge on any atom is 0.271 e. The van der Waals surface area contributed by atoms with E-state index in [9.17, 15) is 18.5 Å². The van der Waals surface area contributed by atoms with Crippen molar-refractivity contribution >= 4 is 27.2 Å². The lowest BCUT2D eigenvalue weighted by Gasteiger charge is -2.08. The number of nitro groups is 1. The Labute approximate surface area is 113 Å². The maximum atomic E-state index is 12.1. The SMILES string of the molecule is Nc1cc([N+](=O)[O-])ccc1S(=O)(=O)Nc1cccnn1. The minimum atomic E-state index is -3.99. The number of nitrogens with two attached hydrogens (primary N) is 1. The molecule has 0 radical (unpaired) electrons. The number of non-ortho nitro benzene ring substituents is 1. The number of benzene rings is 1. The quantitative estimate of drug-likeness (QED) is 0.482. The van der Waals surface area contributed by atoms with Crippen LogP contribution in [0.5, 0.6) is 0 Å². The molecule has 0 aliphatic heterocycles. The van der Waals surface area contributed by atoms with Gasteiger partial charge in [-0.05, 0) is 18.2 Å². The molecule has 1 heterocycles. The number of nitrogens with zero attached hydrogens (tertiary/aromatic N) is 3. The van der Waals surface area contributed by atoms with Gasteiger partial charge in [0.05, 0.1) is 10.6 Å². The number of nitro benzene ring substituents is 1. The molecule has 104 valence electrons. The van der Waals surface area contributed by atoms with Crippen molar-refractivity contribution in [1.29, 1.82) is 0 Å². The monoisotopic (exact) mass is 295 g/mol. The highest BCUT2D eigenvalue weighted by molar-refractivity contribution is 7.92. The van der Waals surface area contributed by atoms with Gasteiger partial charge in [-0.1, -0.05) is 0 Å². The summed E-state index contributed by atoms with van der Waals surface area (Å²) < 4.78 is 26.3. The number of nitrogen functional groups attached to an aromatic ring is 1. The van der Waals surface area contributed by atoms with Gasteiger partial charge < -0.3 is 5.73 Å². The molecule has 0 atom stereocenters. The Morgan fingerprint density at radius 2 is 2.05 bits per heavy atom. The smallest absolute Gasteiger partial charge is 0.271 e. The molecule has 0 unspecified atom stereocenters. The molecule has 3 N–H and O–H groups in total. The molecule has 0 spiro atoms. The number of nitrogens with one attached hydrogen (secondary N) is 1. The molecule has 20 heavy (non-hydrogen) atoms. The van der Waals surface area contributed by atoms with Crippen molar-refractivity contribution in [2.75, 3.05) is 10.5 Å². The average molecular weight is 295 g/mol. The molecule has 0 amide bonds. The van der Waals surface area contributed by atoms with E-state index < -0.39 is 14.9 Å². The number of sulfonamides is 1. The summed E-state index contributed by atoms with van der Waals surface area (Å²) in [6.45, 7) is 0. The predicted octanol–water partition coefficient (Wildman–Crippen LogP) is 0.768. The van der Waals surface area contributed by atoms with E-state index in [4.69, 9.17) is 5.73 Å². The van der Waals surface area contributed by atoms with Gasteiger partial charge in [-0.25, -0.2) is 8.42 Å². The Balaban J connectivity index is 2.37. The summed E-state index contributed by atoms with van der Waals surface area (Å²) >= 11 is 0. The molecule has 1 aromatic carbocycles. The van der Waals surface area contributed by atoms with Crippen LogP contribution in [0.15, 0.2) is 41.4 Å². The summed E-state index contributed by atoms with van der Waals surface area (Å²) in [5.41, 5.74) is 5.02. The highest BCUT2D eigenvalue weighted by Gasteiger charge is 2.20. The molecule has 0 fully saturated rings. The first-order valence-corrected chi connectivity index (χ1v) is 6.73. The van der Waals surface area contributed by atoms with Crippen LogP contribution in [0.3, 0.4) is 0 Å². The number of hydrogen-bond acceptors (Lipinski definition) is 7. The van der Waals surface area contributed by atoms with Crippen LogP contribution in [0, 0.1) is 10.1 Å². The zero-order valence-corrected chi connectivity index (χ0v) is 10.7. The fourth-order valence-electron chi connectivity index (χ4n) is 1.44. The van der Waals surface area contributed by atoms with E-state index in [1.54, 1.807) is 0 Å². The standard InChI is InChI=1S/C10H9N5O4S/c11-8-6-7(15(16)17)3-4-9(8)20(18,19)14-10-2-1-5-12-13-10/h1-6H,11H2,(H,13,14). The van der Waals surface area contributed by atoms with Crippen LogP contribution in [0.4, 0.5) is 17.2 Å². The second-order valence-electron chi connectivity index (χ2n) is 3.69. The topological polar surface area (TPSA) is 141 Å². The molecule has 0 aliphatic carbocycles. The Morgan fingerprint density at radius 3 is 2.60 bits per heavy atom. The van der Waals surface area contributed by atoms with E-state index in [1.165, 1.54) is 18.3 Å². The van der Waals surface area contributed by atoms with Gasteiger partial charge in [0.2, 0.25) is 0 Å². The van der Waals surface area contributed by atoms with Crippen molar-refractivity contribution < 1.29 is 13.3 Å². The van der Waals surface area contributed by atoms with Crippen LogP contribution < -0.4 is 10.5 Å². The minimum absolute atomic E-state index is 0.0188. The zero-order chi connectivity index (χ0) is 14.8. The fraction of sp³-hybridized carbons (Fsp3) is 0. The van der Waals surface area contributed by atoms with E-state index in [0.29, 0.717) is 0 Å². The van der Waals surface area contributed by atoms with Crippen molar-refractivity contribution in [3.8, 4) is 0 Å². The maximum absolute atomic E-state index is 12.1. The van der Waals surface area contributed by atoms with Gasteiger partial charge in [0, 0.05) is 18.3 Å². The van der Waals surface area contributed by atoms with Crippen molar-refractivity contribution in [3.05, 3.63) is 46.6 Å². The summed E-state index contributed by atoms with van der Waals surface area (Å²) in [4.78, 5) is 9.64. The fourth-order valence-corrected chi connectivity index (χ4v) is 2.55. The van der Waals surface area contributed by atoms with Gasteiger partial charge in [0.15, 0.2) is 5.82 Å². The van der Waals surface area contributed by atoms with Crippen LogP contribution in [0.2, 0.25) is 0 Å². The van der Waals surface area contributed by atoms with Crippen LogP contribution in [0.25, 0.3) is 0 Å². The summed E-state index contributed by atoms with van der Waals surface area (Å²) in [5.74, 6) is 0.0188. The Morgan fingerprint density at radius 1 is 1.30 bits per heavy atom. The third-order valence-electron chi connectivity index (χ3n) is 2.30. The summed E-state index contributed by atoms with van der Waals surface area (Å²) in [6.07, 6.45) is 1.39. The average Bonchev–Trinajstić information content (AvgIpc) is 2.38. The number of rotatable bonds is 4. The Kier molecular flexibility index (Phi) is 3.48. The first-order chi connectivity index (χ1) is 9.40. The largest absolute Gasteiger partial charge is 0.397 e. The first-order valence-electron chi connectivity index (χ1n) is 5.24. The molecular weight excluding hydrogens is 286 g/mol. The molecule has 0 bridgehead atoms.